The third-order valence-electron chi connectivity index (χ3n) is 3.12. The molecular formula is C12H14N4OS. The summed E-state index contributed by atoms with van der Waals surface area (Å²) in [5.74, 6) is 0. The van der Waals surface area contributed by atoms with Gasteiger partial charge < -0.3 is 4.90 Å². The first-order valence-corrected chi connectivity index (χ1v) is 6.96. The molecule has 0 N–H and O–H groups in total. The van der Waals surface area contributed by atoms with Crippen LogP contribution in [0.2, 0.25) is 0 Å². The van der Waals surface area contributed by atoms with Gasteiger partial charge in [-0.2, -0.15) is 5.10 Å². The van der Waals surface area contributed by atoms with Gasteiger partial charge in [-0.1, -0.05) is 0 Å². The van der Waals surface area contributed by atoms with Gasteiger partial charge in [0, 0.05) is 24.5 Å². The molecule has 0 atom stereocenters. The zero-order valence-electron chi connectivity index (χ0n) is 9.95. The number of aromatic nitrogens is 3. The van der Waals surface area contributed by atoms with E-state index in [0.717, 1.165) is 24.5 Å². The van der Waals surface area contributed by atoms with Crippen molar-refractivity contribution in [3.05, 3.63) is 39.2 Å². The highest BCUT2D eigenvalue weighted by atomic mass is 32.1. The van der Waals surface area contributed by atoms with Gasteiger partial charge in [-0.05, 0) is 12.8 Å². The molecule has 2 aromatic rings. The molecule has 2 aromatic heterocycles. The van der Waals surface area contributed by atoms with Crippen LogP contribution in [0.3, 0.4) is 0 Å². The Labute approximate surface area is 109 Å². The van der Waals surface area contributed by atoms with Crippen LogP contribution in [-0.2, 0) is 6.54 Å². The summed E-state index contributed by atoms with van der Waals surface area (Å²) in [6.45, 7) is 2.50. The van der Waals surface area contributed by atoms with Crippen LogP contribution in [-0.4, -0.2) is 27.9 Å². The van der Waals surface area contributed by atoms with Crippen molar-refractivity contribution in [3.8, 4) is 0 Å². The molecule has 3 heterocycles. The number of thiazole rings is 1. The molecule has 6 heteroatoms. The van der Waals surface area contributed by atoms with Crippen molar-refractivity contribution in [3.63, 3.8) is 0 Å². The Morgan fingerprint density at radius 1 is 1.33 bits per heavy atom. The quantitative estimate of drug-likeness (QED) is 0.838. The van der Waals surface area contributed by atoms with E-state index in [4.69, 9.17) is 0 Å². The molecule has 0 amide bonds. The Morgan fingerprint density at radius 2 is 2.17 bits per heavy atom. The van der Waals surface area contributed by atoms with E-state index in [9.17, 15) is 4.79 Å². The first kappa shape index (κ1) is 11.4. The van der Waals surface area contributed by atoms with E-state index in [0.29, 0.717) is 6.54 Å². The lowest BCUT2D eigenvalue weighted by molar-refractivity contribution is 0.629. The fourth-order valence-electron chi connectivity index (χ4n) is 2.16. The number of hydrogen-bond donors (Lipinski definition) is 0. The molecule has 5 nitrogen and oxygen atoms in total. The van der Waals surface area contributed by atoms with Gasteiger partial charge in [0.1, 0.15) is 0 Å². The average molecular weight is 262 g/mol. The highest BCUT2D eigenvalue weighted by Gasteiger charge is 2.13. The van der Waals surface area contributed by atoms with Crippen molar-refractivity contribution in [1.29, 1.82) is 0 Å². The monoisotopic (exact) mass is 262 g/mol. The van der Waals surface area contributed by atoms with Crippen molar-refractivity contribution >= 4 is 17.0 Å². The highest BCUT2D eigenvalue weighted by Crippen LogP contribution is 2.16. The maximum absolute atomic E-state index is 12.0. The normalized spacial score (nSPS) is 15.2. The molecule has 0 radical (unpaired) electrons. The molecule has 0 aromatic carbocycles. The molecular weight excluding hydrogens is 248 g/mol. The van der Waals surface area contributed by atoms with Crippen molar-refractivity contribution in [2.24, 2.45) is 0 Å². The largest absolute Gasteiger partial charge is 0.370 e. The summed E-state index contributed by atoms with van der Waals surface area (Å²) in [5, 5.41) is 6.16. The van der Waals surface area contributed by atoms with Gasteiger partial charge in [-0.25, -0.2) is 9.67 Å². The summed E-state index contributed by atoms with van der Waals surface area (Å²) in [5.41, 5.74) is 3.52. The van der Waals surface area contributed by atoms with Crippen LogP contribution in [0.25, 0.3) is 0 Å². The van der Waals surface area contributed by atoms with Gasteiger partial charge in [-0.15, -0.1) is 11.3 Å². The van der Waals surface area contributed by atoms with Crippen molar-refractivity contribution in [2.45, 2.75) is 19.4 Å². The van der Waals surface area contributed by atoms with E-state index in [2.05, 4.69) is 15.0 Å². The fourth-order valence-corrected chi connectivity index (χ4v) is 2.71. The smallest absolute Gasteiger partial charge is 0.269 e. The SMILES string of the molecule is O=c1cc(N2CCCC2)cnn1Cc1cscn1. The van der Waals surface area contributed by atoms with E-state index >= 15 is 0 Å². The Morgan fingerprint density at radius 3 is 2.83 bits per heavy atom. The molecule has 0 unspecified atom stereocenters. The molecule has 0 spiro atoms. The molecule has 0 saturated carbocycles. The molecule has 0 aliphatic carbocycles. The van der Waals surface area contributed by atoms with E-state index in [-0.39, 0.29) is 5.56 Å². The van der Waals surface area contributed by atoms with Crippen LogP contribution in [0.1, 0.15) is 18.5 Å². The third-order valence-corrected chi connectivity index (χ3v) is 3.76. The summed E-state index contributed by atoms with van der Waals surface area (Å²) >= 11 is 1.53. The van der Waals surface area contributed by atoms with Crippen LogP contribution in [0.4, 0.5) is 5.69 Å². The Balaban J connectivity index is 1.82. The van der Waals surface area contributed by atoms with Gasteiger partial charge in [0.05, 0.1) is 29.6 Å². The molecule has 1 aliphatic heterocycles. The van der Waals surface area contributed by atoms with Crippen molar-refractivity contribution < 1.29 is 0 Å². The van der Waals surface area contributed by atoms with Crippen LogP contribution < -0.4 is 10.5 Å². The summed E-state index contributed by atoms with van der Waals surface area (Å²) in [6, 6.07) is 1.67. The summed E-state index contributed by atoms with van der Waals surface area (Å²) in [6.07, 6.45) is 4.17. The van der Waals surface area contributed by atoms with Gasteiger partial charge >= 0.3 is 0 Å². The predicted octanol–water partition coefficient (Wildman–Crippen LogP) is 1.35. The lowest BCUT2D eigenvalue weighted by Gasteiger charge is -2.16. The van der Waals surface area contributed by atoms with E-state index in [1.165, 1.54) is 28.9 Å². The first-order valence-electron chi connectivity index (χ1n) is 6.02. The average Bonchev–Trinajstić information content (AvgIpc) is 3.04. The fraction of sp³-hybridized carbons (Fsp3) is 0.417. The minimum absolute atomic E-state index is 0.0626. The number of hydrogen-bond acceptors (Lipinski definition) is 5. The van der Waals surface area contributed by atoms with Crippen molar-refractivity contribution in [1.82, 2.24) is 14.8 Å². The maximum atomic E-state index is 12.0. The lowest BCUT2D eigenvalue weighted by atomic mass is 10.4. The van der Waals surface area contributed by atoms with Gasteiger partial charge in [0.2, 0.25) is 0 Å². The van der Waals surface area contributed by atoms with Crippen LogP contribution >= 0.6 is 11.3 Å². The molecule has 3 rings (SSSR count). The second-order valence-corrected chi connectivity index (χ2v) is 5.10. The van der Waals surface area contributed by atoms with Gasteiger partial charge in [0.25, 0.3) is 5.56 Å². The molecule has 0 bridgehead atoms. The Hall–Kier alpha value is -1.69. The number of rotatable bonds is 3. The molecule has 1 saturated heterocycles. The topological polar surface area (TPSA) is 51.0 Å². The zero-order valence-corrected chi connectivity index (χ0v) is 10.8. The standard InChI is InChI=1S/C12H14N4OS/c17-12-5-11(15-3-1-2-4-15)6-14-16(12)7-10-8-18-9-13-10/h5-6,8-9H,1-4,7H2. The number of nitrogens with zero attached hydrogens (tertiary/aromatic N) is 4. The minimum atomic E-state index is -0.0626. The summed E-state index contributed by atoms with van der Waals surface area (Å²) in [4.78, 5) is 18.3. The van der Waals surface area contributed by atoms with E-state index in [1.807, 2.05) is 5.38 Å². The first-order chi connectivity index (χ1) is 8.83. The van der Waals surface area contributed by atoms with Gasteiger partial charge in [-0.3, -0.25) is 4.79 Å². The maximum Gasteiger partial charge on any atom is 0.269 e. The zero-order chi connectivity index (χ0) is 12.4. The second kappa shape index (κ2) is 4.89. The Kier molecular flexibility index (Phi) is 3.10. The van der Waals surface area contributed by atoms with Crippen molar-refractivity contribution in [2.75, 3.05) is 18.0 Å². The summed E-state index contributed by atoms with van der Waals surface area (Å²) in [7, 11) is 0. The molecule has 1 aliphatic rings. The van der Waals surface area contributed by atoms with Gasteiger partial charge in [0.15, 0.2) is 0 Å². The lowest BCUT2D eigenvalue weighted by Crippen LogP contribution is -2.26. The highest BCUT2D eigenvalue weighted by molar-refractivity contribution is 7.07. The third kappa shape index (κ3) is 2.28. The van der Waals surface area contributed by atoms with E-state index in [1.54, 1.807) is 17.8 Å². The van der Waals surface area contributed by atoms with Crippen LogP contribution in [0.5, 0.6) is 0 Å². The Bertz CT molecular complexity index is 572. The summed E-state index contributed by atoms with van der Waals surface area (Å²) < 4.78 is 1.45. The van der Waals surface area contributed by atoms with Crippen LogP contribution in [0, 0.1) is 0 Å². The molecule has 18 heavy (non-hydrogen) atoms. The second-order valence-electron chi connectivity index (χ2n) is 4.38. The molecule has 94 valence electrons. The van der Waals surface area contributed by atoms with Crippen LogP contribution in [0.15, 0.2) is 27.9 Å². The minimum Gasteiger partial charge on any atom is -0.370 e. The molecule has 1 fully saturated rings. The number of anilines is 1. The predicted molar refractivity (Wildman–Crippen MR) is 71.2 cm³/mol. The van der Waals surface area contributed by atoms with E-state index < -0.39 is 0 Å².